The van der Waals surface area contributed by atoms with Crippen LogP contribution in [0, 0.1) is 28.6 Å². The quantitative estimate of drug-likeness (QED) is 0.442. The first-order valence-corrected chi connectivity index (χ1v) is 8.60. The van der Waals surface area contributed by atoms with Crippen molar-refractivity contribution in [3.8, 4) is 0 Å². The second-order valence-corrected chi connectivity index (χ2v) is 8.35. The Hall–Kier alpha value is -1.58. The Morgan fingerprint density at radius 1 is 1.04 bits per heavy atom. The maximum atomic E-state index is 12.3. The third-order valence-electron chi connectivity index (χ3n) is 7.15. The van der Waals surface area contributed by atoms with Crippen molar-refractivity contribution in [3.63, 3.8) is 0 Å². The molecular formula is C19H24O4. The molecular weight excluding hydrogens is 292 g/mol. The maximum Gasteiger partial charge on any atom is 0.382 e. The van der Waals surface area contributed by atoms with Crippen molar-refractivity contribution >= 4 is 11.9 Å². The van der Waals surface area contributed by atoms with E-state index >= 15 is 0 Å². The predicted molar refractivity (Wildman–Crippen MR) is 83.8 cm³/mol. The molecule has 5 saturated carbocycles. The zero-order valence-corrected chi connectivity index (χ0v) is 14.1. The molecule has 1 spiro atoms. The fourth-order valence-corrected chi connectivity index (χ4v) is 6.41. The number of carbonyl (C=O) groups excluding carboxylic acids is 2. The lowest BCUT2D eigenvalue weighted by molar-refractivity contribution is -0.252. The van der Waals surface area contributed by atoms with Gasteiger partial charge in [0.25, 0.3) is 0 Å². The second kappa shape index (κ2) is 4.49. The highest BCUT2D eigenvalue weighted by Gasteiger charge is 2.78. The van der Waals surface area contributed by atoms with Crippen molar-refractivity contribution in [2.45, 2.75) is 52.9 Å². The highest BCUT2D eigenvalue weighted by molar-refractivity contribution is 5.92. The Balaban J connectivity index is 1.58. The lowest BCUT2D eigenvalue weighted by Crippen LogP contribution is -2.43. The Bertz CT molecular complexity index is 644. The van der Waals surface area contributed by atoms with Crippen molar-refractivity contribution in [1.82, 2.24) is 0 Å². The molecule has 5 aliphatic rings. The average Bonchev–Trinajstić information content (AvgIpc) is 3.02. The van der Waals surface area contributed by atoms with Crippen LogP contribution in [0.5, 0.6) is 0 Å². The standard InChI is InChI=1S/C19H24O4/c1-10(2)16(20)22-23-17(21)11(3)15-18(4)14-6-12-5-13(7-14)9-19(15,18)8-12/h12-14H,1,5-9H2,2-4H3/b15-11-. The first-order chi connectivity index (χ1) is 10.8. The van der Waals surface area contributed by atoms with Gasteiger partial charge in [-0.3, -0.25) is 0 Å². The molecule has 0 aliphatic heterocycles. The molecule has 3 atom stereocenters. The van der Waals surface area contributed by atoms with Crippen molar-refractivity contribution in [2.75, 3.05) is 0 Å². The molecule has 4 nitrogen and oxygen atoms in total. The number of carbonyl (C=O) groups is 2. The van der Waals surface area contributed by atoms with Crippen LogP contribution < -0.4 is 0 Å². The van der Waals surface area contributed by atoms with Crippen molar-refractivity contribution in [1.29, 1.82) is 0 Å². The summed E-state index contributed by atoms with van der Waals surface area (Å²) < 4.78 is 0. The van der Waals surface area contributed by atoms with Crippen LogP contribution in [0.2, 0.25) is 0 Å². The molecule has 0 aromatic carbocycles. The summed E-state index contributed by atoms with van der Waals surface area (Å²) in [5, 5.41) is 0. The topological polar surface area (TPSA) is 52.6 Å². The van der Waals surface area contributed by atoms with Gasteiger partial charge in [-0.15, -0.1) is 0 Å². The molecule has 0 saturated heterocycles. The Morgan fingerprint density at radius 3 is 2.17 bits per heavy atom. The molecule has 0 heterocycles. The zero-order chi connectivity index (χ0) is 16.6. The molecule has 5 aliphatic carbocycles. The highest BCUT2D eigenvalue weighted by Crippen LogP contribution is 2.86. The first kappa shape index (κ1) is 15.0. The van der Waals surface area contributed by atoms with Gasteiger partial charge in [0.15, 0.2) is 0 Å². The van der Waals surface area contributed by atoms with Crippen LogP contribution in [-0.4, -0.2) is 11.9 Å². The minimum absolute atomic E-state index is 0.169. The third-order valence-corrected chi connectivity index (χ3v) is 7.15. The van der Waals surface area contributed by atoms with Crippen LogP contribution in [0.15, 0.2) is 23.3 Å². The van der Waals surface area contributed by atoms with Crippen molar-refractivity contribution < 1.29 is 19.4 Å². The van der Waals surface area contributed by atoms with Gasteiger partial charge in [-0.05, 0) is 69.3 Å². The SMILES string of the molecule is C=C(C)C(=O)OOC(=O)/C(C)=C1\C23CC4CC(CC(C4)C12C)C3. The Labute approximate surface area is 136 Å². The van der Waals surface area contributed by atoms with E-state index in [0.29, 0.717) is 11.5 Å². The van der Waals surface area contributed by atoms with E-state index in [0.717, 1.165) is 11.8 Å². The van der Waals surface area contributed by atoms with E-state index in [1.54, 1.807) is 0 Å². The fraction of sp³-hybridized carbons (Fsp3) is 0.684. The Kier molecular flexibility index (Phi) is 2.92. The van der Waals surface area contributed by atoms with Crippen molar-refractivity contribution in [2.24, 2.45) is 28.6 Å². The average molecular weight is 316 g/mol. The first-order valence-electron chi connectivity index (χ1n) is 8.60. The summed E-state index contributed by atoms with van der Waals surface area (Å²) in [5.41, 5.74) is 2.54. The number of allylic oxidation sites excluding steroid dienone is 1. The molecule has 0 aromatic rings. The molecule has 23 heavy (non-hydrogen) atoms. The molecule has 0 amide bonds. The summed E-state index contributed by atoms with van der Waals surface area (Å²) in [7, 11) is 0. The van der Waals surface area contributed by atoms with E-state index in [4.69, 9.17) is 4.89 Å². The van der Waals surface area contributed by atoms with Gasteiger partial charge in [0.05, 0.1) is 0 Å². The lowest BCUT2D eigenvalue weighted by atomic mass is 9.52. The smallest absolute Gasteiger partial charge is 0.242 e. The molecule has 0 N–H and O–H groups in total. The van der Waals surface area contributed by atoms with Gasteiger partial charge >= 0.3 is 11.9 Å². The number of hydrogen-bond donors (Lipinski definition) is 0. The number of rotatable bonds is 2. The van der Waals surface area contributed by atoms with Crippen LogP contribution in [0.4, 0.5) is 0 Å². The van der Waals surface area contributed by atoms with Crippen LogP contribution in [0.1, 0.15) is 52.9 Å². The van der Waals surface area contributed by atoms with Crippen LogP contribution >= 0.6 is 0 Å². The van der Waals surface area contributed by atoms with Gasteiger partial charge in [-0.2, -0.15) is 0 Å². The zero-order valence-electron chi connectivity index (χ0n) is 14.1. The van der Waals surface area contributed by atoms with E-state index in [2.05, 4.69) is 18.4 Å². The molecule has 3 unspecified atom stereocenters. The van der Waals surface area contributed by atoms with Gasteiger partial charge in [0.2, 0.25) is 0 Å². The summed E-state index contributed by atoms with van der Waals surface area (Å²) in [6.07, 6.45) is 6.45. The normalized spacial score (nSPS) is 44.4. The monoisotopic (exact) mass is 316 g/mol. The molecule has 5 fully saturated rings. The largest absolute Gasteiger partial charge is 0.382 e. The van der Waals surface area contributed by atoms with Gasteiger partial charge in [0, 0.05) is 22.0 Å². The summed E-state index contributed by atoms with van der Waals surface area (Å²) in [5.74, 6) is 1.16. The Morgan fingerprint density at radius 2 is 1.61 bits per heavy atom. The highest BCUT2D eigenvalue weighted by atomic mass is 17.2. The lowest BCUT2D eigenvalue weighted by Gasteiger charge is -2.52. The molecule has 124 valence electrons. The summed E-state index contributed by atoms with van der Waals surface area (Å²) in [6, 6.07) is 0. The minimum Gasteiger partial charge on any atom is -0.242 e. The maximum absolute atomic E-state index is 12.3. The van der Waals surface area contributed by atoms with Crippen LogP contribution in [-0.2, 0) is 19.4 Å². The predicted octanol–water partition coefficient (Wildman–Crippen LogP) is 3.73. The van der Waals surface area contributed by atoms with E-state index in [1.807, 2.05) is 6.92 Å². The van der Waals surface area contributed by atoms with Gasteiger partial charge in [0.1, 0.15) is 0 Å². The minimum atomic E-state index is -0.700. The van der Waals surface area contributed by atoms with Crippen LogP contribution in [0.3, 0.4) is 0 Å². The third kappa shape index (κ3) is 1.78. The van der Waals surface area contributed by atoms with E-state index < -0.39 is 11.9 Å². The van der Waals surface area contributed by atoms with E-state index in [-0.39, 0.29) is 16.4 Å². The van der Waals surface area contributed by atoms with Crippen LogP contribution in [0.25, 0.3) is 0 Å². The second-order valence-electron chi connectivity index (χ2n) is 8.35. The summed E-state index contributed by atoms with van der Waals surface area (Å²) in [4.78, 5) is 33.0. The molecule has 0 aromatic heterocycles. The van der Waals surface area contributed by atoms with E-state index in [1.165, 1.54) is 44.6 Å². The summed E-state index contributed by atoms with van der Waals surface area (Å²) >= 11 is 0. The van der Waals surface area contributed by atoms with Gasteiger partial charge in [-0.1, -0.05) is 13.5 Å². The molecule has 4 bridgehead atoms. The fourth-order valence-electron chi connectivity index (χ4n) is 6.41. The molecule has 0 radical (unpaired) electrons. The molecule has 5 rings (SSSR count). The van der Waals surface area contributed by atoms with Crippen molar-refractivity contribution in [3.05, 3.63) is 23.3 Å². The van der Waals surface area contributed by atoms with E-state index in [9.17, 15) is 9.59 Å². The summed E-state index contributed by atoms with van der Waals surface area (Å²) in [6.45, 7) is 9.15. The van der Waals surface area contributed by atoms with Gasteiger partial charge < -0.3 is 0 Å². The number of hydrogen-bond acceptors (Lipinski definition) is 4. The van der Waals surface area contributed by atoms with Gasteiger partial charge in [-0.25, -0.2) is 19.4 Å². The molecule has 4 heteroatoms.